The molecule has 0 N–H and O–H groups in total. The molecule has 0 bridgehead atoms. The summed E-state index contributed by atoms with van der Waals surface area (Å²) in [7, 11) is 0. The van der Waals surface area contributed by atoms with E-state index in [0.29, 0.717) is 0 Å². The Morgan fingerprint density at radius 2 is 1.08 bits per heavy atom. The van der Waals surface area contributed by atoms with Crippen molar-refractivity contribution < 1.29 is 0 Å². The lowest BCUT2D eigenvalue weighted by Gasteiger charge is -2.24. The van der Waals surface area contributed by atoms with Gasteiger partial charge in [-0.1, -0.05) is 50.2 Å². The van der Waals surface area contributed by atoms with E-state index in [9.17, 15) is 0 Å². The van der Waals surface area contributed by atoms with Gasteiger partial charge in [0.15, 0.2) is 0 Å². The summed E-state index contributed by atoms with van der Waals surface area (Å²) < 4.78 is 4.73. The van der Waals surface area contributed by atoms with Crippen LogP contribution in [0.15, 0.2) is 60.9 Å². The molecule has 0 aliphatic carbocycles. The molecule has 2 heteroatoms. The monoisotopic (exact) mass is 330 g/mol. The van der Waals surface area contributed by atoms with Gasteiger partial charge in [-0.3, -0.25) is 0 Å². The standard InChI is InChI=1S/C23H26N2/c1-5-24-15-19(17-11-7-9-13-21(17)24)23(3,4)20-16-25(6-2)22-14-10-8-12-18(20)22/h7-16H,5-6H2,1-4H3. The Morgan fingerprint density at radius 1 is 0.680 bits per heavy atom. The predicted molar refractivity (Wildman–Crippen MR) is 107 cm³/mol. The minimum absolute atomic E-state index is 0.0555. The SMILES string of the molecule is CCn1cc(C(C)(C)c2cn(CC)c3ccccc23)c2ccccc21. The van der Waals surface area contributed by atoms with Crippen LogP contribution in [0.2, 0.25) is 0 Å². The Kier molecular flexibility index (Phi) is 3.72. The number of hydrogen-bond donors (Lipinski definition) is 0. The maximum absolute atomic E-state index is 2.37. The Labute approximate surface area is 149 Å². The number of fused-ring (bicyclic) bond motifs is 2. The molecule has 2 aromatic carbocycles. The Balaban J connectivity index is 2.00. The van der Waals surface area contributed by atoms with Crippen LogP contribution in [0.5, 0.6) is 0 Å². The van der Waals surface area contributed by atoms with Crippen molar-refractivity contribution in [2.45, 2.75) is 46.2 Å². The van der Waals surface area contributed by atoms with Crippen LogP contribution < -0.4 is 0 Å². The largest absolute Gasteiger partial charge is 0.347 e. The van der Waals surface area contributed by atoms with E-state index in [1.54, 1.807) is 0 Å². The van der Waals surface area contributed by atoms with Crippen molar-refractivity contribution in [3.05, 3.63) is 72.1 Å². The lowest BCUT2D eigenvalue weighted by molar-refractivity contribution is 0.639. The normalized spacial score (nSPS) is 12.3. The highest BCUT2D eigenvalue weighted by Crippen LogP contribution is 2.40. The molecular weight excluding hydrogens is 304 g/mol. The van der Waals surface area contributed by atoms with Crippen LogP contribution in [-0.4, -0.2) is 9.13 Å². The van der Waals surface area contributed by atoms with Crippen molar-refractivity contribution in [3.63, 3.8) is 0 Å². The van der Waals surface area contributed by atoms with E-state index in [4.69, 9.17) is 0 Å². The third kappa shape index (κ3) is 2.31. The zero-order chi connectivity index (χ0) is 17.6. The summed E-state index contributed by atoms with van der Waals surface area (Å²) in [6.07, 6.45) is 4.70. The summed E-state index contributed by atoms with van der Waals surface area (Å²) in [4.78, 5) is 0. The molecule has 4 aromatic rings. The average molecular weight is 330 g/mol. The van der Waals surface area contributed by atoms with Crippen LogP contribution in [0, 0.1) is 0 Å². The second-order valence-electron chi connectivity index (χ2n) is 7.32. The van der Waals surface area contributed by atoms with E-state index < -0.39 is 0 Å². The molecule has 0 unspecified atom stereocenters. The molecule has 0 aliphatic heterocycles. The smallest absolute Gasteiger partial charge is 0.0483 e. The van der Waals surface area contributed by atoms with Crippen LogP contribution in [0.25, 0.3) is 21.8 Å². The fraction of sp³-hybridized carbons (Fsp3) is 0.304. The van der Waals surface area contributed by atoms with Gasteiger partial charge in [0.1, 0.15) is 0 Å². The summed E-state index contributed by atoms with van der Waals surface area (Å²) in [5, 5.41) is 2.73. The first kappa shape index (κ1) is 16.0. The summed E-state index contributed by atoms with van der Waals surface area (Å²) >= 11 is 0. The second kappa shape index (κ2) is 5.80. The van der Waals surface area contributed by atoms with Gasteiger partial charge in [-0.05, 0) is 37.1 Å². The number of benzene rings is 2. The highest BCUT2D eigenvalue weighted by atomic mass is 15.0. The van der Waals surface area contributed by atoms with Crippen LogP contribution in [0.3, 0.4) is 0 Å². The van der Waals surface area contributed by atoms with Gasteiger partial charge in [0.25, 0.3) is 0 Å². The van der Waals surface area contributed by atoms with Gasteiger partial charge >= 0.3 is 0 Å². The molecule has 0 fully saturated rings. The van der Waals surface area contributed by atoms with Crippen molar-refractivity contribution in [1.82, 2.24) is 9.13 Å². The number of rotatable bonds is 4. The van der Waals surface area contributed by atoms with Crippen LogP contribution in [0.1, 0.15) is 38.8 Å². The third-order valence-corrected chi connectivity index (χ3v) is 5.61. The number of nitrogens with zero attached hydrogens (tertiary/aromatic N) is 2. The predicted octanol–water partition coefficient (Wildman–Crippen LogP) is 5.96. The molecular formula is C23H26N2. The van der Waals surface area contributed by atoms with Crippen LogP contribution in [0.4, 0.5) is 0 Å². The summed E-state index contributed by atoms with van der Waals surface area (Å²) in [5.74, 6) is 0. The zero-order valence-corrected chi connectivity index (χ0v) is 15.6. The van der Waals surface area contributed by atoms with Crippen molar-refractivity contribution in [2.75, 3.05) is 0 Å². The molecule has 0 radical (unpaired) electrons. The van der Waals surface area contributed by atoms with Crippen molar-refractivity contribution in [1.29, 1.82) is 0 Å². The van der Waals surface area contributed by atoms with E-state index in [0.717, 1.165) is 13.1 Å². The Morgan fingerprint density at radius 3 is 1.48 bits per heavy atom. The van der Waals surface area contributed by atoms with E-state index in [1.165, 1.54) is 32.9 Å². The molecule has 4 rings (SSSR count). The molecule has 0 saturated carbocycles. The Bertz CT molecular complexity index is 963. The third-order valence-electron chi connectivity index (χ3n) is 5.61. The minimum atomic E-state index is -0.0555. The lowest BCUT2D eigenvalue weighted by atomic mass is 9.78. The highest BCUT2D eigenvalue weighted by Gasteiger charge is 2.30. The molecule has 0 atom stereocenters. The maximum atomic E-state index is 2.37. The lowest BCUT2D eigenvalue weighted by Crippen LogP contribution is -2.18. The number of aromatic nitrogens is 2. The van der Waals surface area contributed by atoms with E-state index in [2.05, 4.69) is 97.8 Å². The van der Waals surface area contributed by atoms with E-state index >= 15 is 0 Å². The fourth-order valence-electron chi connectivity index (χ4n) is 4.16. The van der Waals surface area contributed by atoms with Gasteiger partial charge in [0.05, 0.1) is 0 Å². The van der Waals surface area contributed by atoms with Crippen molar-refractivity contribution in [2.24, 2.45) is 0 Å². The molecule has 25 heavy (non-hydrogen) atoms. The van der Waals surface area contributed by atoms with Gasteiger partial charge < -0.3 is 9.13 Å². The zero-order valence-electron chi connectivity index (χ0n) is 15.6. The molecule has 0 saturated heterocycles. The summed E-state index contributed by atoms with van der Waals surface area (Å²) in [5.41, 5.74) is 5.41. The first-order chi connectivity index (χ1) is 12.1. The molecule has 0 aliphatic rings. The minimum Gasteiger partial charge on any atom is -0.347 e. The molecule has 0 amide bonds. The fourth-order valence-corrected chi connectivity index (χ4v) is 4.16. The first-order valence-electron chi connectivity index (χ1n) is 9.24. The van der Waals surface area contributed by atoms with Crippen LogP contribution >= 0.6 is 0 Å². The Hall–Kier alpha value is -2.48. The molecule has 2 aromatic heterocycles. The summed E-state index contributed by atoms with van der Waals surface area (Å²) in [6, 6.07) is 17.5. The van der Waals surface area contributed by atoms with Gasteiger partial charge in [-0.25, -0.2) is 0 Å². The van der Waals surface area contributed by atoms with Gasteiger partial charge in [0, 0.05) is 52.7 Å². The number of hydrogen-bond acceptors (Lipinski definition) is 0. The average Bonchev–Trinajstić information content (AvgIpc) is 3.21. The first-order valence-corrected chi connectivity index (χ1v) is 9.24. The molecule has 2 heterocycles. The summed E-state index contributed by atoms with van der Waals surface area (Å²) in [6.45, 7) is 11.1. The van der Waals surface area contributed by atoms with E-state index in [-0.39, 0.29) is 5.41 Å². The number of aryl methyl sites for hydroxylation is 2. The number of para-hydroxylation sites is 2. The molecule has 2 nitrogen and oxygen atoms in total. The van der Waals surface area contributed by atoms with Gasteiger partial charge in [-0.15, -0.1) is 0 Å². The van der Waals surface area contributed by atoms with Crippen LogP contribution in [-0.2, 0) is 18.5 Å². The highest BCUT2D eigenvalue weighted by molar-refractivity contribution is 5.89. The molecule has 128 valence electrons. The molecule has 0 spiro atoms. The quantitative estimate of drug-likeness (QED) is 0.437. The maximum Gasteiger partial charge on any atom is 0.0483 e. The van der Waals surface area contributed by atoms with Gasteiger partial charge in [-0.2, -0.15) is 0 Å². The van der Waals surface area contributed by atoms with E-state index in [1.807, 2.05) is 0 Å². The van der Waals surface area contributed by atoms with Crippen molar-refractivity contribution >= 4 is 21.8 Å². The topological polar surface area (TPSA) is 9.86 Å². The second-order valence-corrected chi connectivity index (χ2v) is 7.32. The van der Waals surface area contributed by atoms with Crippen molar-refractivity contribution in [3.8, 4) is 0 Å². The van der Waals surface area contributed by atoms with Gasteiger partial charge in [0.2, 0.25) is 0 Å².